The quantitative estimate of drug-likeness (QED) is 0.624. The van der Waals surface area contributed by atoms with Gasteiger partial charge >= 0.3 is 5.97 Å². The molecule has 0 atom stereocenters. The summed E-state index contributed by atoms with van der Waals surface area (Å²) in [6.45, 7) is 0.115. The van der Waals surface area contributed by atoms with E-state index >= 15 is 0 Å². The third-order valence-electron chi connectivity index (χ3n) is 3.69. The minimum atomic E-state index is -0.481. The van der Waals surface area contributed by atoms with E-state index in [1.165, 1.54) is 16.2 Å². The van der Waals surface area contributed by atoms with E-state index in [1.54, 1.807) is 25.2 Å². The Hall–Kier alpha value is -2.37. The van der Waals surface area contributed by atoms with Gasteiger partial charge in [0.1, 0.15) is 4.88 Å². The van der Waals surface area contributed by atoms with Crippen molar-refractivity contribution >= 4 is 44.9 Å². The van der Waals surface area contributed by atoms with E-state index in [0.29, 0.717) is 16.4 Å². The van der Waals surface area contributed by atoms with Gasteiger partial charge in [-0.05, 0) is 35.2 Å². The number of halogens is 1. The van der Waals surface area contributed by atoms with Crippen molar-refractivity contribution in [3.63, 3.8) is 0 Å². The molecule has 4 nitrogen and oxygen atoms in total. The summed E-state index contributed by atoms with van der Waals surface area (Å²) in [5, 5.41) is 1.61. The van der Waals surface area contributed by atoms with Crippen LogP contribution in [-0.2, 0) is 16.1 Å². The van der Waals surface area contributed by atoms with Crippen LogP contribution in [-0.4, -0.2) is 30.4 Å². The fraction of sp³-hybridized carbons (Fsp3) is 0.158. The highest BCUT2D eigenvalue weighted by atomic mass is 35.5. The molecule has 0 spiro atoms. The lowest BCUT2D eigenvalue weighted by molar-refractivity contribution is -0.133. The summed E-state index contributed by atoms with van der Waals surface area (Å²) in [4.78, 5) is 26.3. The summed E-state index contributed by atoms with van der Waals surface area (Å²) in [6.07, 6.45) is 0. The van der Waals surface area contributed by atoms with Crippen LogP contribution in [0.3, 0.4) is 0 Å². The number of ether oxygens (including phenoxy) is 1. The lowest BCUT2D eigenvalue weighted by Gasteiger charge is -2.17. The number of amides is 1. The van der Waals surface area contributed by atoms with Gasteiger partial charge in [-0.1, -0.05) is 41.9 Å². The number of esters is 1. The third kappa shape index (κ3) is 4.38. The van der Waals surface area contributed by atoms with Gasteiger partial charge in [-0.2, -0.15) is 0 Å². The zero-order chi connectivity index (χ0) is 17.8. The van der Waals surface area contributed by atoms with E-state index in [-0.39, 0.29) is 12.5 Å². The van der Waals surface area contributed by atoms with Gasteiger partial charge in [-0.3, -0.25) is 4.79 Å². The second-order valence-electron chi connectivity index (χ2n) is 5.60. The van der Waals surface area contributed by atoms with Crippen molar-refractivity contribution in [1.82, 2.24) is 4.90 Å². The average molecular weight is 374 g/mol. The fourth-order valence-electron chi connectivity index (χ4n) is 2.39. The molecule has 0 saturated carbocycles. The molecule has 25 heavy (non-hydrogen) atoms. The molecule has 0 unspecified atom stereocenters. The maximum Gasteiger partial charge on any atom is 0.348 e. The van der Waals surface area contributed by atoms with Crippen molar-refractivity contribution in [2.75, 3.05) is 13.7 Å². The van der Waals surface area contributed by atoms with Crippen LogP contribution in [0.25, 0.3) is 10.1 Å². The van der Waals surface area contributed by atoms with Crippen molar-refractivity contribution < 1.29 is 14.3 Å². The first kappa shape index (κ1) is 17.5. The molecule has 0 bridgehead atoms. The molecule has 6 heteroatoms. The number of likely N-dealkylation sites (N-methyl/N-ethyl adjacent to an activating group) is 1. The number of rotatable bonds is 5. The van der Waals surface area contributed by atoms with Crippen LogP contribution in [0.15, 0.2) is 54.6 Å². The summed E-state index contributed by atoms with van der Waals surface area (Å²) in [6, 6.07) is 16.8. The Labute approximate surface area is 154 Å². The first-order valence-electron chi connectivity index (χ1n) is 7.67. The van der Waals surface area contributed by atoms with E-state index in [1.807, 2.05) is 36.4 Å². The van der Waals surface area contributed by atoms with E-state index in [4.69, 9.17) is 16.3 Å². The summed E-state index contributed by atoms with van der Waals surface area (Å²) in [5.74, 6) is -0.750. The van der Waals surface area contributed by atoms with Crippen LogP contribution in [0.1, 0.15) is 15.2 Å². The number of hydrogen-bond donors (Lipinski definition) is 0. The Bertz CT molecular complexity index is 889. The van der Waals surface area contributed by atoms with Crippen LogP contribution >= 0.6 is 22.9 Å². The Balaban J connectivity index is 1.56. The number of benzene rings is 2. The lowest BCUT2D eigenvalue weighted by atomic mass is 10.2. The van der Waals surface area contributed by atoms with Crippen molar-refractivity contribution in [3.8, 4) is 0 Å². The van der Waals surface area contributed by atoms with Crippen LogP contribution in [0.4, 0.5) is 0 Å². The molecule has 128 valence electrons. The smallest absolute Gasteiger partial charge is 0.348 e. The highest BCUT2D eigenvalue weighted by molar-refractivity contribution is 7.20. The van der Waals surface area contributed by atoms with E-state index in [9.17, 15) is 9.59 Å². The van der Waals surface area contributed by atoms with Crippen molar-refractivity contribution in [1.29, 1.82) is 0 Å². The van der Waals surface area contributed by atoms with Gasteiger partial charge in [0.2, 0.25) is 0 Å². The number of nitrogens with zero attached hydrogens (tertiary/aromatic N) is 1. The molecule has 1 aromatic heterocycles. The van der Waals surface area contributed by atoms with Crippen LogP contribution in [0.2, 0.25) is 5.02 Å². The van der Waals surface area contributed by atoms with Gasteiger partial charge in [-0.25, -0.2) is 4.79 Å². The topological polar surface area (TPSA) is 46.6 Å². The fourth-order valence-corrected chi connectivity index (χ4v) is 3.56. The zero-order valence-electron chi connectivity index (χ0n) is 13.6. The summed E-state index contributed by atoms with van der Waals surface area (Å²) in [7, 11) is 1.66. The summed E-state index contributed by atoms with van der Waals surface area (Å²) in [5.41, 5.74) is 0.916. The minimum Gasteiger partial charge on any atom is -0.451 e. The molecular weight excluding hydrogens is 358 g/mol. The SMILES string of the molecule is CN(Cc1cccc(Cl)c1)C(=O)COC(=O)c1cc2ccccc2s1. The van der Waals surface area contributed by atoms with E-state index in [2.05, 4.69) is 0 Å². The Morgan fingerprint density at radius 2 is 1.92 bits per heavy atom. The average Bonchev–Trinajstić information content (AvgIpc) is 3.03. The van der Waals surface area contributed by atoms with E-state index in [0.717, 1.165) is 15.6 Å². The number of hydrogen-bond acceptors (Lipinski definition) is 4. The number of carbonyl (C=O) groups is 2. The van der Waals surface area contributed by atoms with Crippen LogP contribution < -0.4 is 0 Å². The van der Waals surface area contributed by atoms with Crippen molar-refractivity contribution in [2.45, 2.75) is 6.54 Å². The van der Waals surface area contributed by atoms with Crippen LogP contribution in [0, 0.1) is 0 Å². The van der Waals surface area contributed by atoms with Gasteiger partial charge in [0.05, 0.1) is 0 Å². The maximum atomic E-state index is 12.2. The Morgan fingerprint density at radius 3 is 2.68 bits per heavy atom. The second kappa shape index (κ2) is 7.68. The molecule has 1 heterocycles. The maximum absolute atomic E-state index is 12.2. The largest absolute Gasteiger partial charge is 0.451 e. The molecule has 0 saturated heterocycles. The monoisotopic (exact) mass is 373 g/mol. The van der Waals surface area contributed by atoms with Gasteiger partial charge in [0.15, 0.2) is 6.61 Å². The standard InChI is InChI=1S/C19H16ClNO3S/c1-21(11-13-5-4-7-15(20)9-13)18(22)12-24-19(23)17-10-14-6-2-3-8-16(14)25-17/h2-10H,11-12H2,1H3. The van der Waals surface area contributed by atoms with Gasteiger partial charge in [0.25, 0.3) is 5.91 Å². The molecular formula is C19H16ClNO3S. The van der Waals surface area contributed by atoms with Crippen molar-refractivity contribution in [2.24, 2.45) is 0 Å². The van der Waals surface area contributed by atoms with Crippen molar-refractivity contribution in [3.05, 3.63) is 70.1 Å². The molecule has 0 radical (unpaired) electrons. The summed E-state index contributed by atoms with van der Waals surface area (Å²) < 4.78 is 6.17. The minimum absolute atomic E-state index is 0.269. The molecule has 0 aliphatic heterocycles. The number of thiophene rings is 1. The molecule has 0 aliphatic carbocycles. The first-order chi connectivity index (χ1) is 12.0. The van der Waals surface area contributed by atoms with Crippen LogP contribution in [0.5, 0.6) is 0 Å². The predicted molar refractivity (Wildman–Crippen MR) is 100 cm³/mol. The zero-order valence-corrected chi connectivity index (χ0v) is 15.1. The highest BCUT2D eigenvalue weighted by Crippen LogP contribution is 2.25. The first-order valence-corrected chi connectivity index (χ1v) is 8.86. The van der Waals surface area contributed by atoms with Gasteiger partial charge in [0, 0.05) is 23.3 Å². The Morgan fingerprint density at radius 1 is 1.12 bits per heavy atom. The highest BCUT2D eigenvalue weighted by Gasteiger charge is 2.16. The number of carbonyl (C=O) groups excluding carboxylic acids is 2. The molecule has 3 rings (SSSR count). The molecule has 0 fully saturated rings. The molecule has 3 aromatic rings. The third-order valence-corrected chi connectivity index (χ3v) is 5.02. The van der Waals surface area contributed by atoms with Gasteiger partial charge < -0.3 is 9.64 Å². The summed E-state index contributed by atoms with van der Waals surface area (Å²) >= 11 is 7.30. The lowest BCUT2D eigenvalue weighted by Crippen LogP contribution is -2.30. The molecule has 2 aromatic carbocycles. The van der Waals surface area contributed by atoms with E-state index < -0.39 is 5.97 Å². The Kier molecular flexibility index (Phi) is 5.36. The molecule has 1 amide bonds. The molecule has 0 N–H and O–H groups in total. The van der Waals surface area contributed by atoms with Gasteiger partial charge in [-0.15, -0.1) is 11.3 Å². The molecule has 0 aliphatic rings. The predicted octanol–water partition coefficient (Wildman–Crippen LogP) is 4.37. The normalized spacial score (nSPS) is 10.6. The number of fused-ring (bicyclic) bond motifs is 1. The second-order valence-corrected chi connectivity index (χ2v) is 7.12.